The highest BCUT2D eigenvalue weighted by Gasteiger charge is 2.27. The number of amides is 3. The second-order valence-electron chi connectivity index (χ2n) is 17.4. The Kier molecular flexibility index (Phi) is 18.3. The highest BCUT2D eigenvalue weighted by atomic mass is 32.2. The summed E-state index contributed by atoms with van der Waals surface area (Å²) in [6.45, 7) is 7.35. The zero-order chi connectivity index (χ0) is 52.8. The fraction of sp³-hybridized carbons (Fsp3) is 0.327. The number of carbonyl (C=O) groups is 4. The lowest BCUT2D eigenvalue weighted by Crippen LogP contribution is -2.47. The second kappa shape index (κ2) is 25.2. The SMILES string of the molecule is CCCCC(NC(=O)c1ccc(NCc2cnc3nc(N)[nH]c(=O)c3n2)cc1)C(=O)NCCOCCOCCNC(=O)c1cc(C)c(OC(=O)c2c3ccccc3[n+](CCCS(=O)(=O)[O-])c3ccccc23)c(C)c1. The fourth-order valence-electron chi connectivity index (χ4n) is 8.30. The standard InChI is InChI=1S/C52H58N10O11S/c1-4-5-13-40(59-48(64)34-16-18-36(19-17-34)56-30-37-31-57-46-44(58-37)50(66)61-52(53)60-46)49(65)55-21-24-72-26-25-71-23-20-54-47(63)35-28-32(2)45(33(3)29-35)73-51(67)43-38-11-6-8-14-41(38)62(22-10-27-74(68,69)70)42-15-9-7-12-39(42)43/h6-9,11-12,14-19,28-29,31,40H,4-5,10,13,20-27,30H2,1-3H3,(H7-,53,54,55,56,57,59,60,61,63,64,65,66,68,69,70). The van der Waals surface area contributed by atoms with Gasteiger partial charge in [0.15, 0.2) is 17.7 Å². The Morgan fingerprint density at radius 3 is 2.08 bits per heavy atom. The molecule has 1 atom stereocenters. The number of aromatic nitrogens is 5. The minimum Gasteiger partial charge on any atom is -0.748 e. The highest BCUT2D eigenvalue weighted by molar-refractivity contribution is 7.85. The third-order valence-corrected chi connectivity index (χ3v) is 12.6. The van der Waals surface area contributed by atoms with Gasteiger partial charge in [-0.2, -0.15) is 9.55 Å². The van der Waals surface area contributed by atoms with Crippen molar-refractivity contribution in [3.63, 3.8) is 0 Å². The third kappa shape index (κ3) is 14.2. The van der Waals surface area contributed by atoms with Crippen molar-refractivity contribution in [1.29, 1.82) is 0 Å². The van der Waals surface area contributed by atoms with Gasteiger partial charge in [0.25, 0.3) is 17.4 Å². The third-order valence-electron chi connectivity index (χ3n) is 11.9. The van der Waals surface area contributed by atoms with Crippen LogP contribution in [-0.2, 0) is 37.5 Å². The Balaban J connectivity index is 0.811. The minimum absolute atomic E-state index is 0.0462. The minimum atomic E-state index is -4.40. The van der Waals surface area contributed by atoms with Crippen molar-refractivity contribution >= 4 is 78.4 Å². The quantitative estimate of drug-likeness (QED) is 0.0117. The van der Waals surface area contributed by atoms with E-state index < -0.39 is 39.3 Å². The average Bonchev–Trinajstić information content (AvgIpc) is 3.37. The van der Waals surface area contributed by atoms with Crippen LogP contribution in [0.1, 0.15) is 80.5 Å². The number of H-pyrrole nitrogens is 1. The lowest BCUT2D eigenvalue weighted by atomic mass is 10.0. The zero-order valence-corrected chi connectivity index (χ0v) is 42.0. The lowest BCUT2D eigenvalue weighted by molar-refractivity contribution is -0.645. The number of pyridine rings is 1. The number of aryl methyl sites for hydroxylation is 3. The summed E-state index contributed by atoms with van der Waals surface area (Å²) in [5, 5.41) is 12.9. The van der Waals surface area contributed by atoms with Gasteiger partial charge in [-0.3, -0.25) is 24.2 Å². The number of rotatable bonds is 25. The number of unbranched alkanes of at least 4 members (excludes halogenated alkanes) is 1. The van der Waals surface area contributed by atoms with Crippen LogP contribution in [0.15, 0.2) is 95.9 Å². The van der Waals surface area contributed by atoms with E-state index in [1.807, 2.05) is 35.8 Å². The molecule has 22 heteroatoms. The van der Waals surface area contributed by atoms with Crippen molar-refractivity contribution in [2.24, 2.45) is 0 Å². The number of anilines is 2. The molecule has 3 aromatic heterocycles. The number of hydrogen-bond donors (Lipinski definition) is 6. The molecule has 0 spiro atoms. The fourth-order valence-corrected chi connectivity index (χ4v) is 8.78. The first-order valence-electron chi connectivity index (χ1n) is 24.1. The first-order chi connectivity index (χ1) is 35.6. The van der Waals surface area contributed by atoms with Crippen molar-refractivity contribution in [1.82, 2.24) is 35.9 Å². The molecule has 0 fully saturated rings. The summed E-state index contributed by atoms with van der Waals surface area (Å²) in [6.07, 6.45) is 3.61. The van der Waals surface area contributed by atoms with Crippen LogP contribution in [0.3, 0.4) is 0 Å². The summed E-state index contributed by atoms with van der Waals surface area (Å²) >= 11 is 0. The van der Waals surface area contributed by atoms with E-state index in [4.69, 9.17) is 19.9 Å². The van der Waals surface area contributed by atoms with Gasteiger partial charge in [-0.15, -0.1) is 0 Å². The van der Waals surface area contributed by atoms with Gasteiger partial charge >= 0.3 is 5.97 Å². The number of esters is 1. The summed E-state index contributed by atoms with van der Waals surface area (Å²) in [7, 11) is -4.40. The van der Waals surface area contributed by atoms with Crippen LogP contribution in [0.25, 0.3) is 33.0 Å². The predicted octanol–water partition coefficient (Wildman–Crippen LogP) is 4.14. The van der Waals surface area contributed by atoms with Crippen LogP contribution < -0.4 is 41.9 Å². The molecule has 0 radical (unpaired) electrons. The van der Waals surface area contributed by atoms with E-state index in [-0.39, 0.29) is 88.0 Å². The molecule has 0 aliphatic rings. The first-order valence-corrected chi connectivity index (χ1v) is 25.7. The molecule has 1 unspecified atom stereocenters. The van der Waals surface area contributed by atoms with Gasteiger partial charge in [0.2, 0.25) is 22.9 Å². The van der Waals surface area contributed by atoms with E-state index in [1.54, 1.807) is 74.5 Å². The summed E-state index contributed by atoms with van der Waals surface area (Å²) < 4.78 is 53.3. The predicted molar refractivity (Wildman–Crippen MR) is 276 cm³/mol. The van der Waals surface area contributed by atoms with Crippen LogP contribution in [0, 0.1) is 13.8 Å². The van der Waals surface area contributed by atoms with Gasteiger partial charge in [-0.1, -0.05) is 44.0 Å². The van der Waals surface area contributed by atoms with E-state index >= 15 is 0 Å². The summed E-state index contributed by atoms with van der Waals surface area (Å²) in [4.78, 5) is 80.5. The molecule has 74 heavy (non-hydrogen) atoms. The summed E-state index contributed by atoms with van der Waals surface area (Å²) in [5.41, 5.74) is 10.1. The Bertz CT molecular complexity index is 3270. The zero-order valence-electron chi connectivity index (χ0n) is 41.2. The molecule has 0 aliphatic carbocycles. The van der Waals surface area contributed by atoms with Crippen LogP contribution in [-0.4, -0.2) is 108 Å². The molecule has 21 nitrogen and oxygen atoms in total. The van der Waals surface area contributed by atoms with Gasteiger partial charge < -0.3 is 45.8 Å². The second-order valence-corrected chi connectivity index (χ2v) is 18.9. The van der Waals surface area contributed by atoms with Crippen molar-refractivity contribution in [2.75, 3.05) is 56.3 Å². The number of nitrogen functional groups attached to an aromatic ring is 1. The number of hydrogen-bond acceptors (Lipinski definition) is 16. The largest absolute Gasteiger partial charge is 0.748 e. The molecular weight excluding hydrogens is 973 g/mol. The van der Waals surface area contributed by atoms with Crippen molar-refractivity contribution in [2.45, 2.75) is 65.6 Å². The lowest BCUT2D eigenvalue weighted by Gasteiger charge is -2.18. The Morgan fingerprint density at radius 1 is 0.811 bits per heavy atom. The molecule has 7 N–H and O–H groups in total. The number of nitrogens with one attached hydrogen (secondary N) is 5. The topological polar surface area (TPSA) is 303 Å². The number of nitrogens with zero attached hydrogens (tertiary/aromatic N) is 4. The van der Waals surface area contributed by atoms with E-state index in [1.165, 1.54) is 6.20 Å². The molecule has 3 heterocycles. The molecule has 3 amide bonds. The molecule has 4 aromatic carbocycles. The van der Waals surface area contributed by atoms with Crippen molar-refractivity contribution in [3.05, 3.63) is 135 Å². The highest BCUT2D eigenvalue weighted by Crippen LogP contribution is 2.30. The maximum atomic E-state index is 14.1. The van der Waals surface area contributed by atoms with Gasteiger partial charge in [0.05, 0.1) is 71.3 Å². The number of fused-ring (bicyclic) bond motifs is 3. The van der Waals surface area contributed by atoms with E-state index in [9.17, 15) is 36.9 Å². The molecule has 388 valence electrons. The van der Waals surface area contributed by atoms with Crippen LogP contribution in [0.2, 0.25) is 0 Å². The van der Waals surface area contributed by atoms with Crippen molar-refractivity contribution < 1.29 is 50.9 Å². The molecule has 7 rings (SSSR count). The molecule has 0 bridgehead atoms. The summed E-state index contributed by atoms with van der Waals surface area (Å²) in [6, 6.07) is 23.7. The van der Waals surface area contributed by atoms with Gasteiger partial charge in [0, 0.05) is 54.2 Å². The summed E-state index contributed by atoms with van der Waals surface area (Å²) in [5.74, 6) is -1.92. The Morgan fingerprint density at radius 2 is 1.45 bits per heavy atom. The molecule has 0 saturated carbocycles. The van der Waals surface area contributed by atoms with E-state index in [2.05, 4.69) is 41.2 Å². The number of nitrogens with two attached hydrogens (primary N) is 1. The smallest absolute Gasteiger partial charge is 0.345 e. The Labute approximate surface area is 426 Å². The maximum Gasteiger partial charge on any atom is 0.345 e. The van der Waals surface area contributed by atoms with Gasteiger partial charge in [-0.25, -0.2) is 23.2 Å². The van der Waals surface area contributed by atoms with Crippen molar-refractivity contribution in [3.8, 4) is 5.75 Å². The maximum absolute atomic E-state index is 14.1. The van der Waals surface area contributed by atoms with E-state index in [0.717, 1.165) is 12.8 Å². The molecule has 0 saturated heterocycles. The number of ether oxygens (including phenoxy) is 3. The normalized spacial score (nSPS) is 11.9. The molecule has 0 aliphatic heterocycles. The van der Waals surface area contributed by atoms with Crippen LogP contribution in [0.4, 0.5) is 11.6 Å². The van der Waals surface area contributed by atoms with Crippen LogP contribution >= 0.6 is 0 Å². The van der Waals surface area contributed by atoms with Gasteiger partial charge in [0.1, 0.15) is 11.8 Å². The first kappa shape index (κ1) is 53.9. The number of benzene rings is 4. The monoisotopic (exact) mass is 1030 g/mol. The molecular formula is C52H58N10O11S. The van der Waals surface area contributed by atoms with E-state index in [0.29, 0.717) is 73.2 Å². The molecule has 7 aromatic rings. The van der Waals surface area contributed by atoms with Gasteiger partial charge in [-0.05, 0) is 79.9 Å². The number of para-hydroxylation sites is 2. The number of aromatic amines is 1. The van der Waals surface area contributed by atoms with Crippen LogP contribution in [0.5, 0.6) is 5.75 Å². The Hall–Kier alpha value is -7.92. The number of carbonyl (C=O) groups excluding carboxylic acids is 4. The average molecular weight is 1030 g/mol.